The highest BCUT2D eigenvalue weighted by Crippen LogP contribution is 2.14. The van der Waals surface area contributed by atoms with Gasteiger partial charge >= 0.3 is 5.97 Å². The Kier molecular flexibility index (Phi) is 5.39. The van der Waals surface area contributed by atoms with Crippen LogP contribution in [0.3, 0.4) is 0 Å². The van der Waals surface area contributed by atoms with Crippen LogP contribution in [0.2, 0.25) is 5.02 Å². The Bertz CT molecular complexity index is 697. The summed E-state index contributed by atoms with van der Waals surface area (Å²) < 4.78 is 1.53. The average Bonchev–Trinajstić information content (AvgIpc) is 3.02. The predicted molar refractivity (Wildman–Crippen MR) is 86.9 cm³/mol. The van der Waals surface area contributed by atoms with Gasteiger partial charge in [0.05, 0.1) is 17.4 Å². The number of carbonyl (C=O) groups is 2. The molecule has 2 N–H and O–H groups in total. The second-order valence-electron chi connectivity index (χ2n) is 5.32. The molecule has 0 aliphatic heterocycles. The van der Waals surface area contributed by atoms with Gasteiger partial charge in [-0.3, -0.25) is 4.79 Å². The molecule has 0 saturated carbocycles. The third-order valence-electron chi connectivity index (χ3n) is 3.70. The smallest absolute Gasteiger partial charge is 0.326 e. The lowest BCUT2D eigenvalue weighted by atomic mass is 9.99. The van der Waals surface area contributed by atoms with Crippen molar-refractivity contribution in [3.05, 3.63) is 47.2 Å². The molecule has 0 saturated heterocycles. The number of aromatic nitrogens is 2. The summed E-state index contributed by atoms with van der Waals surface area (Å²) in [6.07, 6.45) is 3.61. The maximum atomic E-state index is 12.2. The SMILES string of the molecule is CCC(C)C(NC(=O)c1cnn(-c2ccc(Cl)cc2)c1)C(=O)O. The molecule has 0 bridgehead atoms. The van der Waals surface area contributed by atoms with E-state index < -0.39 is 17.9 Å². The van der Waals surface area contributed by atoms with Gasteiger partial charge in [-0.2, -0.15) is 5.10 Å². The van der Waals surface area contributed by atoms with Gasteiger partial charge in [0.1, 0.15) is 6.04 Å². The second-order valence-corrected chi connectivity index (χ2v) is 5.76. The molecule has 7 heteroatoms. The molecule has 2 aromatic rings. The zero-order chi connectivity index (χ0) is 17.0. The Morgan fingerprint density at radius 2 is 2.00 bits per heavy atom. The number of nitrogens with zero attached hydrogens (tertiary/aromatic N) is 2. The van der Waals surface area contributed by atoms with E-state index in [4.69, 9.17) is 11.6 Å². The van der Waals surface area contributed by atoms with Crippen molar-refractivity contribution in [2.75, 3.05) is 0 Å². The largest absolute Gasteiger partial charge is 0.480 e. The first-order valence-electron chi connectivity index (χ1n) is 7.26. The predicted octanol–water partition coefficient (Wildman–Crippen LogP) is 2.75. The molecule has 6 nitrogen and oxygen atoms in total. The molecule has 2 unspecified atom stereocenters. The first-order valence-corrected chi connectivity index (χ1v) is 7.64. The van der Waals surface area contributed by atoms with Crippen LogP contribution in [0.5, 0.6) is 0 Å². The number of carboxylic acid groups (broad SMARTS) is 1. The number of benzene rings is 1. The number of rotatable bonds is 6. The molecule has 122 valence electrons. The van der Waals surface area contributed by atoms with E-state index in [1.165, 1.54) is 10.9 Å². The summed E-state index contributed by atoms with van der Waals surface area (Å²) >= 11 is 5.84. The van der Waals surface area contributed by atoms with Crippen LogP contribution in [0.25, 0.3) is 5.69 Å². The van der Waals surface area contributed by atoms with Crippen LogP contribution in [-0.2, 0) is 4.79 Å². The van der Waals surface area contributed by atoms with Crippen molar-refractivity contribution in [1.82, 2.24) is 15.1 Å². The van der Waals surface area contributed by atoms with Crippen molar-refractivity contribution in [1.29, 1.82) is 0 Å². The summed E-state index contributed by atoms with van der Waals surface area (Å²) in [6, 6.07) is 6.07. The Morgan fingerprint density at radius 3 is 2.57 bits per heavy atom. The topological polar surface area (TPSA) is 84.2 Å². The van der Waals surface area contributed by atoms with Crippen molar-refractivity contribution in [3.8, 4) is 5.69 Å². The molecule has 0 spiro atoms. The van der Waals surface area contributed by atoms with E-state index in [0.29, 0.717) is 17.0 Å². The standard InChI is InChI=1S/C16H18ClN3O3/c1-3-10(2)14(16(22)23)19-15(21)11-8-18-20(9-11)13-6-4-12(17)5-7-13/h4-10,14H,3H2,1-2H3,(H,19,21)(H,22,23). The van der Waals surface area contributed by atoms with Crippen molar-refractivity contribution >= 4 is 23.5 Å². The third kappa shape index (κ3) is 4.10. The number of hydrogen-bond donors (Lipinski definition) is 2. The van der Waals surface area contributed by atoms with Crippen LogP contribution < -0.4 is 5.32 Å². The minimum absolute atomic E-state index is 0.164. The van der Waals surface area contributed by atoms with Crippen LogP contribution in [0.15, 0.2) is 36.7 Å². The molecule has 1 aromatic heterocycles. The van der Waals surface area contributed by atoms with Gasteiger partial charge in [0.25, 0.3) is 5.91 Å². The van der Waals surface area contributed by atoms with Gasteiger partial charge in [-0.05, 0) is 30.2 Å². The van der Waals surface area contributed by atoms with E-state index in [0.717, 1.165) is 5.69 Å². The fraction of sp³-hybridized carbons (Fsp3) is 0.312. The number of amides is 1. The highest BCUT2D eigenvalue weighted by Gasteiger charge is 2.26. The van der Waals surface area contributed by atoms with Gasteiger partial charge < -0.3 is 10.4 Å². The Hall–Kier alpha value is -2.34. The molecular weight excluding hydrogens is 318 g/mol. The van der Waals surface area contributed by atoms with Gasteiger partial charge in [0.15, 0.2) is 0 Å². The number of carboxylic acids is 1. The molecule has 0 aliphatic rings. The summed E-state index contributed by atoms with van der Waals surface area (Å²) in [5.41, 5.74) is 1.06. The molecule has 2 rings (SSSR count). The third-order valence-corrected chi connectivity index (χ3v) is 3.95. The molecule has 2 atom stereocenters. The quantitative estimate of drug-likeness (QED) is 0.850. The number of halogens is 1. The Morgan fingerprint density at radius 1 is 1.35 bits per heavy atom. The van der Waals surface area contributed by atoms with Gasteiger partial charge in [-0.15, -0.1) is 0 Å². The molecule has 0 fully saturated rings. The van der Waals surface area contributed by atoms with E-state index in [1.807, 2.05) is 6.92 Å². The highest BCUT2D eigenvalue weighted by molar-refractivity contribution is 6.30. The number of carbonyl (C=O) groups excluding carboxylic acids is 1. The minimum atomic E-state index is -1.04. The van der Waals surface area contributed by atoms with E-state index in [-0.39, 0.29) is 5.92 Å². The molecule has 0 radical (unpaired) electrons. The summed E-state index contributed by atoms with van der Waals surface area (Å²) in [4.78, 5) is 23.5. The van der Waals surface area contributed by atoms with E-state index >= 15 is 0 Å². The fourth-order valence-corrected chi connectivity index (χ4v) is 2.21. The van der Waals surface area contributed by atoms with Crippen LogP contribution >= 0.6 is 11.6 Å². The van der Waals surface area contributed by atoms with Crippen molar-refractivity contribution < 1.29 is 14.7 Å². The summed E-state index contributed by atoms with van der Waals surface area (Å²) in [5.74, 6) is -1.67. The molecule has 1 amide bonds. The summed E-state index contributed by atoms with van der Waals surface area (Å²) in [6.45, 7) is 3.67. The van der Waals surface area contributed by atoms with Crippen molar-refractivity contribution in [2.45, 2.75) is 26.3 Å². The van der Waals surface area contributed by atoms with Gasteiger partial charge in [-0.25, -0.2) is 9.48 Å². The zero-order valence-corrected chi connectivity index (χ0v) is 13.6. The average molecular weight is 336 g/mol. The van der Waals surface area contributed by atoms with E-state index in [9.17, 15) is 14.7 Å². The number of hydrogen-bond acceptors (Lipinski definition) is 3. The molecule has 1 heterocycles. The lowest BCUT2D eigenvalue weighted by Gasteiger charge is -2.19. The molecule has 0 aliphatic carbocycles. The monoisotopic (exact) mass is 335 g/mol. The normalized spacial score (nSPS) is 13.3. The minimum Gasteiger partial charge on any atom is -0.480 e. The fourth-order valence-electron chi connectivity index (χ4n) is 2.08. The number of aliphatic carboxylic acids is 1. The summed E-state index contributed by atoms with van der Waals surface area (Å²) in [7, 11) is 0. The maximum Gasteiger partial charge on any atom is 0.326 e. The number of nitrogens with one attached hydrogen (secondary N) is 1. The van der Waals surface area contributed by atoms with Gasteiger partial charge in [-0.1, -0.05) is 31.9 Å². The molecular formula is C16H18ClN3O3. The van der Waals surface area contributed by atoms with Crippen molar-refractivity contribution in [3.63, 3.8) is 0 Å². The summed E-state index contributed by atoms with van der Waals surface area (Å²) in [5, 5.41) is 16.5. The van der Waals surface area contributed by atoms with Crippen LogP contribution in [0, 0.1) is 5.92 Å². The lowest BCUT2D eigenvalue weighted by Crippen LogP contribution is -2.44. The first-order chi connectivity index (χ1) is 10.9. The Balaban J connectivity index is 2.14. The van der Waals surface area contributed by atoms with Crippen LogP contribution in [0.1, 0.15) is 30.6 Å². The zero-order valence-electron chi connectivity index (χ0n) is 12.9. The van der Waals surface area contributed by atoms with E-state index in [1.54, 1.807) is 37.4 Å². The molecule has 23 heavy (non-hydrogen) atoms. The highest BCUT2D eigenvalue weighted by atomic mass is 35.5. The van der Waals surface area contributed by atoms with Gasteiger partial charge in [0, 0.05) is 11.2 Å². The first kappa shape index (κ1) is 17.0. The van der Waals surface area contributed by atoms with Crippen molar-refractivity contribution in [2.24, 2.45) is 5.92 Å². The molecule has 1 aromatic carbocycles. The van der Waals surface area contributed by atoms with Gasteiger partial charge in [0.2, 0.25) is 0 Å². The van der Waals surface area contributed by atoms with Crippen LogP contribution in [-0.4, -0.2) is 32.8 Å². The lowest BCUT2D eigenvalue weighted by molar-refractivity contribution is -0.140. The van der Waals surface area contributed by atoms with E-state index in [2.05, 4.69) is 10.4 Å². The second kappa shape index (κ2) is 7.28. The Labute approximate surface area is 139 Å². The van der Waals surface area contributed by atoms with Crippen LogP contribution in [0.4, 0.5) is 0 Å². The maximum absolute atomic E-state index is 12.2.